The van der Waals surface area contributed by atoms with Gasteiger partial charge in [-0.3, -0.25) is 4.79 Å². The molecule has 1 unspecified atom stereocenters. The molecule has 3 aromatic rings. The number of aromatic hydroxyl groups is 1. The summed E-state index contributed by atoms with van der Waals surface area (Å²) in [5.74, 6) is -0.363. The average molecular weight is 409 g/mol. The molecule has 2 aromatic carbocycles. The number of nitrogens with one attached hydrogen (secondary N) is 2. The molecule has 1 heterocycles. The molecular formula is C23H27N3O4. The third-order valence-electron chi connectivity index (χ3n) is 4.52. The topological polar surface area (TPSA) is 92.6 Å². The Morgan fingerprint density at radius 3 is 2.57 bits per heavy atom. The summed E-state index contributed by atoms with van der Waals surface area (Å²) in [5.41, 5.74) is 1.72. The zero-order valence-electron chi connectivity index (χ0n) is 17.6. The average Bonchev–Trinajstić information content (AvgIpc) is 2.96. The van der Waals surface area contributed by atoms with Gasteiger partial charge in [0.2, 0.25) is 5.91 Å². The fourth-order valence-electron chi connectivity index (χ4n) is 3.28. The Hall–Kier alpha value is -3.48. The Morgan fingerprint density at radius 2 is 1.87 bits per heavy atom. The molecule has 7 nitrogen and oxygen atoms in total. The van der Waals surface area contributed by atoms with Crippen LogP contribution in [-0.2, 0) is 23.0 Å². The minimum atomic E-state index is -0.868. The first-order chi connectivity index (χ1) is 14.1. The first kappa shape index (κ1) is 21.2. The Morgan fingerprint density at radius 1 is 1.13 bits per heavy atom. The van der Waals surface area contributed by atoms with E-state index in [1.807, 2.05) is 42.1 Å². The number of hydrogen-bond donors (Lipinski definition) is 3. The van der Waals surface area contributed by atoms with Crippen molar-refractivity contribution in [2.45, 2.75) is 38.8 Å². The van der Waals surface area contributed by atoms with Crippen molar-refractivity contribution >= 4 is 28.6 Å². The van der Waals surface area contributed by atoms with Crippen molar-refractivity contribution in [1.82, 2.24) is 9.88 Å². The third-order valence-corrected chi connectivity index (χ3v) is 4.52. The summed E-state index contributed by atoms with van der Waals surface area (Å²) in [6.45, 7) is 5.29. The zero-order valence-corrected chi connectivity index (χ0v) is 17.6. The normalized spacial score (nSPS) is 12.4. The monoisotopic (exact) mass is 409 g/mol. The van der Waals surface area contributed by atoms with Gasteiger partial charge in [-0.25, -0.2) is 4.79 Å². The number of carbonyl (C=O) groups excluding carboxylic acids is 2. The van der Waals surface area contributed by atoms with Crippen LogP contribution in [0.5, 0.6) is 5.75 Å². The summed E-state index contributed by atoms with van der Waals surface area (Å²) < 4.78 is 7.33. The summed E-state index contributed by atoms with van der Waals surface area (Å²) in [6.07, 6.45) is 1.57. The molecule has 2 amide bonds. The number of aromatic nitrogens is 1. The number of alkyl carbamates (subject to hydrolysis) is 1. The molecule has 0 aliphatic rings. The molecule has 3 rings (SSSR count). The van der Waals surface area contributed by atoms with Gasteiger partial charge in [0.1, 0.15) is 17.4 Å². The highest BCUT2D eigenvalue weighted by Gasteiger charge is 2.26. The summed E-state index contributed by atoms with van der Waals surface area (Å²) in [7, 11) is 1.94. The maximum atomic E-state index is 13.0. The van der Waals surface area contributed by atoms with Gasteiger partial charge in [-0.15, -0.1) is 0 Å². The highest BCUT2D eigenvalue weighted by atomic mass is 16.6. The number of ether oxygens (including phenoxy) is 1. The van der Waals surface area contributed by atoms with E-state index >= 15 is 0 Å². The van der Waals surface area contributed by atoms with E-state index < -0.39 is 23.6 Å². The van der Waals surface area contributed by atoms with Crippen LogP contribution >= 0.6 is 0 Å². The largest absolute Gasteiger partial charge is 0.508 e. The Bertz CT molecular complexity index is 1070. The van der Waals surface area contributed by atoms with Crippen molar-refractivity contribution in [1.29, 1.82) is 0 Å². The maximum Gasteiger partial charge on any atom is 0.408 e. The predicted molar refractivity (Wildman–Crippen MR) is 117 cm³/mol. The maximum absolute atomic E-state index is 13.0. The Balaban J connectivity index is 1.86. The highest BCUT2D eigenvalue weighted by Crippen LogP contribution is 2.22. The molecule has 158 valence electrons. The first-order valence-corrected chi connectivity index (χ1v) is 9.75. The third kappa shape index (κ3) is 5.31. The number of phenolic OH excluding ortho intramolecular Hbond substituents is 1. The molecule has 0 saturated carbocycles. The number of fused-ring (bicyclic) bond motifs is 1. The lowest BCUT2D eigenvalue weighted by Gasteiger charge is -2.23. The van der Waals surface area contributed by atoms with Crippen LogP contribution < -0.4 is 10.6 Å². The van der Waals surface area contributed by atoms with Gasteiger partial charge in [-0.05, 0) is 44.5 Å². The van der Waals surface area contributed by atoms with Crippen molar-refractivity contribution in [3.63, 3.8) is 0 Å². The molecule has 1 atom stereocenters. The molecule has 0 spiro atoms. The summed E-state index contributed by atoms with van der Waals surface area (Å²) >= 11 is 0. The predicted octanol–water partition coefficient (Wildman–Crippen LogP) is 3.96. The number of para-hydroxylation sites is 1. The Labute approximate surface area is 175 Å². The molecule has 0 radical (unpaired) electrons. The van der Waals surface area contributed by atoms with E-state index in [0.29, 0.717) is 5.69 Å². The highest BCUT2D eigenvalue weighted by molar-refractivity contribution is 5.97. The number of benzene rings is 2. The number of hydrogen-bond acceptors (Lipinski definition) is 4. The van der Waals surface area contributed by atoms with E-state index in [-0.39, 0.29) is 12.2 Å². The molecule has 0 bridgehead atoms. The second-order valence-corrected chi connectivity index (χ2v) is 8.22. The van der Waals surface area contributed by atoms with Crippen molar-refractivity contribution in [2.75, 3.05) is 5.32 Å². The van der Waals surface area contributed by atoms with Crippen LogP contribution in [0.4, 0.5) is 10.5 Å². The fourth-order valence-corrected chi connectivity index (χ4v) is 3.28. The van der Waals surface area contributed by atoms with E-state index in [2.05, 4.69) is 10.6 Å². The molecule has 0 saturated heterocycles. The smallest absolute Gasteiger partial charge is 0.408 e. The number of carbonyl (C=O) groups is 2. The van der Waals surface area contributed by atoms with Crippen LogP contribution in [0.15, 0.2) is 54.7 Å². The van der Waals surface area contributed by atoms with E-state index in [9.17, 15) is 14.7 Å². The second-order valence-electron chi connectivity index (χ2n) is 8.22. The molecule has 30 heavy (non-hydrogen) atoms. The van der Waals surface area contributed by atoms with Gasteiger partial charge in [-0.1, -0.05) is 24.3 Å². The number of nitrogens with zero attached hydrogens (tertiary/aromatic N) is 1. The van der Waals surface area contributed by atoms with Gasteiger partial charge in [0, 0.05) is 42.3 Å². The number of amides is 2. The fraction of sp³-hybridized carbons (Fsp3) is 0.304. The van der Waals surface area contributed by atoms with E-state index in [4.69, 9.17) is 4.74 Å². The first-order valence-electron chi connectivity index (χ1n) is 9.75. The second kappa shape index (κ2) is 8.49. The van der Waals surface area contributed by atoms with Crippen LogP contribution in [0.2, 0.25) is 0 Å². The van der Waals surface area contributed by atoms with Crippen molar-refractivity contribution in [3.05, 3.63) is 60.3 Å². The zero-order chi connectivity index (χ0) is 21.9. The van der Waals surface area contributed by atoms with Gasteiger partial charge in [-0.2, -0.15) is 0 Å². The number of rotatable bonds is 5. The molecule has 0 fully saturated rings. The molecule has 0 aliphatic heterocycles. The van der Waals surface area contributed by atoms with Gasteiger partial charge in [0.15, 0.2) is 0 Å². The van der Waals surface area contributed by atoms with Crippen LogP contribution in [0.3, 0.4) is 0 Å². The molecule has 0 aliphatic carbocycles. The lowest BCUT2D eigenvalue weighted by molar-refractivity contribution is -0.118. The van der Waals surface area contributed by atoms with Gasteiger partial charge in [0.05, 0.1) is 0 Å². The standard InChI is InChI=1S/C23H27N3O4/c1-23(2,3)30-22(29)25-19(21(28)24-16-8-7-9-17(27)13-16)12-15-14-26(4)20-11-6-5-10-18(15)20/h5-11,13-14,19,27H,12H2,1-4H3,(H,24,28)(H,25,29). The SMILES string of the molecule is Cn1cc(CC(NC(=O)OC(C)(C)C)C(=O)Nc2cccc(O)c2)c2ccccc21. The van der Waals surface area contributed by atoms with Gasteiger partial charge in [0.25, 0.3) is 0 Å². The van der Waals surface area contributed by atoms with Crippen molar-refractivity contribution < 1.29 is 19.4 Å². The minimum absolute atomic E-state index is 0.0403. The molecule has 3 N–H and O–H groups in total. The van der Waals surface area contributed by atoms with E-state index in [1.165, 1.54) is 12.1 Å². The lowest BCUT2D eigenvalue weighted by Crippen LogP contribution is -2.47. The molecule has 1 aromatic heterocycles. The quantitative estimate of drug-likeness (QED) is 0.595. The van der Waals surface area contributed by atoms with E-state index in [1.54, 1.807) is 32.9 Å². The van der Waals surface area contributed by atoms with Crippen LogP contribution in [0, 0.1) is 0 Å². The van der Waals surface area contributed by atoms with Crippen LogP contribution in [-0.4, -0.2) is 33.3 Å². The number of phenols is 1. The summed E-state index contributed by atoms with van der Waals surface area (Å²) in [5, 5.41) is 16.1. The van der Waals surface area contributed by atoms with Crippen molar-refractivity contribution in [3.8, 4) is 5.75 Å². The number of anilines is 1. The molecule has 7 heteroatoms. The van der Waals surface area contributed by atoms with E-state index in [0.717, 1.165) is 16.5 Å². The number of aryl methyl sites for hydroxylation is 1. The summed E-state index contributed by atoms with van der Waals surface area (Å²) in [6, 6.07) is 13.3. The lowest BCUT2D eigenvalue weighted by atomic mass is 10.0. The minimum Gasteiger partial charge on any atom is -0.508 e. The van der Waals surface area contributed by atoms with Gasteiger partial charge >= 0.3 is 6.09 Å². The van der Waals surface area contributed by atoms with Crippen LogP contribution in [0.25, 0.3) is 10.9 Å². The van der Waals surface area contributed by atoms with Gasteiger partial charge < -0.3 is 25.0 Å². The summed E-state index contributed by atoms with van der Waals surface area (Å²) in [4.78, 5) is 25.4. The van der Waals surface area contributed by atoms with Crippen LogP contribution in [0.1, 0.15) is 26.3 Å². The van der Waals surface area contributed by atoms with Crippen molar-refractivity contribution in [2.24, 2.45) is 7.05 Å². The molecular weight excluding hydrogens is 382 g/mol. The Kier molecular flexibility index (Phi) is 6.01.